The molecular formula is C9H5F6NO3. The molecule has 0 atom stereocenters. The Hall–Kier alpha value is -2.00. The van der Waals surface area contributed by atoms with Gasteiger partial charge in [-0.25, -0.2) is 4.98 Å². The summed E-state index contributed by atoms with van der Waals surface area (Å²) in [5.74, 6) is -2.31. The second kappa shape index (κ2) is 4.94. The quantitative estimate of drug-likeness (QED) is 0.634. The molecule has 0 aliphatic rings. The molecule has 0 spiro atoms. The summed E-state index contributed by atoms with van der Waals surface area (Å²) in [6, 6.07) is 0. The number of hydrogen-bond donors (Lipinski definition) is 0. The molecular weight excluding hydrogens is 284 g/mol. The fourth-order valence-corrected chi connectivity index (χ4v) is 1.22. The average Bonchev–Trinajstić information content (AvgIpc) is 2.24. The largest absolute Gasteiger partial charge is 0.573 e. The minimum atomic E-state index is -5.18. The Balaban J connectivity index is 3.43. The van der Waals surface area contributed by atoms with Gasteiger partial charge < -0.3 is 9.47 Å². The number of aromatic nitrogens is 1. The number of ether oxygens (including phenoxy) is 2. The number of methoxy groups -OCH3 is 1. The van der Waals surface area contributed by atoms with Crippen LogP contribution in [0.4, 0.5) is 26.3 Å². The van der Waals surface area contributed by atoms with Crippen LogP contribution in [0.1, 0.15) is 16.1 Å². The van der Waals surface area contributed by atoms with Crippen LogP contribution in [0.25, 0.3) is 0 Å². The van der Waals surface area contributed by atoms with Gasteiger partial charge in [-0.1, -0.05) is 0 Å². The van der Waals surface area contributed by atoms with E-state index in [-0.39, 0.29) is 12.5 Å². The number of alkyl halides is 6. The lowest BCUT2D eigenvalue weighted by atomic mass is 10.2. The predicted molar refractivity (Wildman–Crippen MR) is 47.9 cm³/mol. The highest BCUT2D eigenvalue weighted by atomic mass is 19.4. The van der Waals surface area contributed by atoms with Gasteiger partial charge >= 0.3 is 12.5 Å². The van der Waals surface area contributed by atoms with Gasteiger partial charge in [0.25, 0.3) is 0 Å². The molecule has 0 aliphatic heterocycles. The summed E-state index contributed by atoms with van der Waals surface area (Å²) in [6.07, 6.45) is -10.2. The third-order valence-electron chi connectivity index (χ3n) is 1.85. The number of nitrogens with zero attached hydrogens (tertiary/aromatic N) is 1. The van der Waals surface area contributed by atoms with Crippen molar-refractivity contribution in [2.24, 2.45) is 0 Å². The van der Waals surface area contributed by atoms with Gasteiger partial charge in [0, 0.05) is 0 Å². The number of aldehydes is 1. The molecule has 0 aromatic carbocycles. The van der Waals surface area contributed by atoms with Crippen LogP contribution in [-0.2, 0) is 6.18 Å². The van der Waals surface area contributed by atoms with Crippen LogP contribution in [0.5, 0.6) is 11.5 Å². The zero-order valence-corrected chi connectivity index (χ0v) is 9.09. The van der Waals surface area contributed by atoms with Gasteiger partial charge in [-0.15, -0.1) is 13.2 Å². The second-order valence-electron chi connectivity index (χ2n) is 3.08. The van der Waals surface area contributed by atoms with Crippen LogP contribution in [0.15, 0.2) is 6.20 Å². The van der Waals surface area contributed by atoms with E-state index in [1.54, 1.807) is 0 Å². The van der Waals surface area contributed by atoms with Gasteiger partial charge in [0.1, 0.15) is 5.56 Å². The van der Waals surface area contributed by atoms with E-state index in [4.69, 9.17) is 0 Å². The molecule has 1 aromatic heterocycles. The first-order valence-electron chi connectivity index (χ1n) is 4.45. The highest BCUT2D eigenvalue weighted by Gasteiger charge is 2.40. The maximum Gasteiger partial charge on any atom is 0.573 e. The fraction of sp³-hybridized carbons (Fsp3) is 0.333. The lowest BCUT2D eigenvalue weighted by Crippen LogP contribution is -2.20. The van der Waals surface area contributed by atoms with Gasteiger partial charge in [-0.3, -0.25) is 4.79 Å². The molecule has 0 amide bonds. The summed E-state index contributed by atoms with van der Waals surface area (Å²) in [7, 11) is 0.761. The van der Waals surface area contributed by atoms with Crippen LogP contribution in [0, 0.1) is 0 Å². The van der Waals surface area contributed by atoms with Crippen LogP contribution in [0.2, 0.25) is 0 Å². The van der Waals surface area contributed by atoms with Gasteiger partial charge in [0.05, 0.1) is 13.3 Å². The molecule has 0 radical (unpaired) electrons. The number of carbonyl (C=O) groups is 1. The van der Waals surface area contributed by atoms with E-state index in [1.165, 1.54) is 0 Å². The maximum atomic E-state index is 12.5. The molecule has 4 nitrogen and oxygen atoms in total. The Bertz CT molecular complexity index is 482. The van der Waals surface area contributed by atoms with Crippen LogP contribution < -0.4 is 9.47 Å². The van der Waals surface area contributed by atoms with Crippen molar-refractivity contribution in [2.75, 3.05) is 7.11 Å². The molecule has 0 aliphatic carbocycles. The Morgan fingerprint density at radius 3 is 2.16 bits per heavy atom. The molecule has 0 saturated heterocycles. The monoisotopic (exact) mass is 289 g/mol. The zero-order valence-electron chi connectivity index (χ0n) is 9.09. The maximum absolute atomic E-state index is 12.5. The van der Waals surface area contributed by atoms with Crippen molar-refractivity contribution in [1.82, 2.24) is 4.98 Å². The zero-order chi connectivity index (χ0) is 14.8. The lowest BCUT2D eigenvalue weighted by Gasteiger charge is -2.16. The smallest absolute Gasteiger partial charge is 0.494 e. The number of rotatable bonds is 3. The second-order valence-corrected chi connectivity index (χ2v) is 3.08. The third-order valence-corrected chi connectivity index (χ3v) is 1.85. The molecule has 0 saturated carbocycles. The fourth-order valence-electron chi connectivity index (χ4n) is 1.22. The molecule has 10 heteroatoms. The number of halogens is 6. The Morgan fingerprint density at radius 1 is 1.21 bits per heavy atom. The molecule has 106 valence electrons. The normalized spacial score (nSPS) is 12.2. The number of pyridine rings is 1. The summed E-state index contributed by atoms with van der Waals surface area (Å²) < 4.78 is 81.2. The first kappa shape index (κ1) is 15.1. The molecule has 0 N–H and O–H groups in total. The molecule has 0 bridgehead atoms. The lowest BCUT2D eigenvalue weighted by molar-refractivity contribution is -0.274. The van der Waals surface area contributed by atoms with Crippen molar-refractivity contribution < 1.29 is 40.6 Å². The standard InChI is InChI=1S/C9H5F6NO3/c1-18-6-4(3-17)5(19-9(13,14)15)2-16-7(6)8(10,11)12/h2-3H,1H3. The summed E-state index contributed by atoms with van der Waals surface area (Å²) in [5.41, 5.74) is -2.64. The SMILES string of the molecule is COc1c(C(F)(F)F)ncc(OC(F)(F)F)c1C=O. The van der Waals surface area contributed by atoms with E-state index in [1.807, 2.05) is 0 Å². The Morgan fingerprint density at radius 2 is 1.79 bits per heavy atom. The van der Waals surface area contributed by atoms with E-state index in [0.717, 1.165) is 7.11 Å². The topological polar surface area (TPSA) is 48.4 Å². The van der Waals surface area contributed by atoms with Crippen molar-refractivity contribution in [3.8, 4) is 11.5 Å². The van der Waals surface area contributed by atoms with Crippen molar-refractivity contribution in [2.45, 2.75) is 12.5 Å². The Labute approximate surface area is 101 Å². The van der Waals surface area contributed by atoms with Gasteiger partial charge in [-0.2, -0.15) is 13.2 Å². The minimum Gasteiger partial charge on any atom is -0.494 e. The van der Waals surface area contributed by atoms with Crippen molar-refractivity contribution >= 4 is 6.29 Å². The molecule has 0 fully saturated rings. The highest BCUT2D eigenvalue weighted by Crippen LogP contribution is 2.40. The van der Waals surface area contributed by atoms with E-state index in [2.05, 4.69) is 14.5 Å². The van der Waals surface area contributed by atoms with Crippen LogP contribution >= 0.6 is 0 Å². The first-order chi connectivity index (χ1) is 8.60. The summed E-state index contributed by atoms with van der Waals surface area (Å²) in [6.45, 7) is 0. The summed E-state index contributed by atoms with van der Waals surface area (Å²) in [4.78, 5) is 13.4. The van der Waals surface area contributed by atoms with Gasteiger partial charge in [0.15, 0.2) is 23.5 Å². The Kier molecular flexibility index (Phi) is 3.91. The number of carbonyl (C=O) groups excluding carboxylic acids is 1. The van der Waals surface area contributed by atoms with Gasteiger partial charge in [0.2, 0.25) is 0 Å². The van der Waals surface area contributed by atoms with Crippen LogP contribution in [-0.4, -0.2) is 24.7 Å². The molecule has 1 heterocycles. The average molecular weight is 289 g/mol. The molecule has 1 rings (SSSR count). The van der Waals surface area contributed by atoms with Crippen molar-refractivity contribution in [3.05, 3.63) is 17.5 Å². The summed E-state index contributed by atoms with van der Waals surface area (Å²) >= 11 is 0. The van der Waals surface area contributed by atoms with E-state index >= 15 is 0 Å². The van der Waals surface area contributed by atoms with E-state index < -0.39 is 35.3 Å². The minimum absolute atomic E-state index is 0.155. The predicted octanol–water partition coefficient (Wildman–Crippen LogP) is 2.82. The highest BCUT2D eigenvalue weighted by molar-refractivity contribution is 5.84. The van der Waals surface area contributed by atoms with Crippen molar-refractivity contribution in [1.29, 1.82) is 0 Å². The number of hydrogen-bond acceptors (Lipinski definition) is 4. The third kappa shape index (κ3) is 3.48. The van der Waals surface area contributed by atoms with Gasteiger partial charge in [-0.05, 0) is 0 Å². The molecule has 1 aromatic rings. The molecule has 0 unspecified atom stereocenters. The molecule has 19 heavy (non-hydrogen) atoms. The first-order valence-corrected chi connectivity index (χ1v) is 4.45. The van der Waals surface area contributed by atoms with E-state index in [0.29, 0.717) is 0 Å². The summed E-state index contributed by atoms with van der Waals surface area (Å²) in [5, 5.41) is 0. The van der Waals surface area contributed by atoms with Crippen LogP contribution in [0.3, 0.4) is 0 Å². The van der Waals surface area contributed by atoms with E-state index in [9.17, 15) is 31.1 Å². The van der Waals surface area contributed by atoms with Crippen molar-refractivity contribution in [3.63, 3.8) is 0 Å².